The maximum absolute atomic E-state index is 12.0. The number of rotatable bonds is 1. The molecule has 0 bridgehead atoms. The van der Waals surface area contributed by atoms with E-state index < -0.39 is 0 Å². The summed E-state index contributed by atoms with van der Waals surface area (Å²) in [6.45, 7) is 3.42. The molecule has 0 saturated carbocycles. The molecule has 5 heteroatoms. The molecule has 0 fully saturated rings. The molecule has 2 aromatic heterocycles. The number of carbonyl (C=O) groups is 1. The molecular formula is C19H14BrN3O. The van der Waals surface area contributed by atoms with Gasteiger partial charge in [0.1, 0.15) is 0 Å². The van der Waals surface area contributed by atoms with E-state index in [1.165, 1.54) is 11.6 Å². The van der Waals surface area contributed by atoms with Gasteiger partial charge in [-0.3, -0.25) is 4.79 Å². The highest BCUT2D eigenvalue weighted by atomic mass is 79.9. The molecular weight excluding hydrogens is 366 g/mol. The number of carbonyl (C=O) groups excluding carboxylic acids is 1. The van der Waals surface area contributed by atoms with Gasteiger partial charge < -0.3 is 0 Å². The second-order valence-electron chi connectivity index (χ2n) is 5.73. The Labute approximate surface area is 147 Å². The van der Waals surface area contributed by atoms with Gasteiger partial charge in [-0.1, -0.05) is 46.3 Å². The number of benzene rings is 2. The van der Waals surface area contributed by atoms with E-state index in [0.717, 1.165) is 37.6 Å². The molecule has 0 unspecified atom stereocenters. The normalized spacial score (nSPS) is 11.3. The van der Waals surface area contributed by atoms with Crippen LogP contribution in [0.5, 0.6) is 0 Å². The predicted octanol–water partition coefficient (Wildman–Crippen LogP) is 4.98. The zero-order valence-corrected chi connectivity index (χ0v) is 14.8. The van der Waals surface area contributed by atoms with Gasteiger partial charge in [0.05, 0.1) is 16.6 Å². The lowest BCUT2D eigenvalue weighted by Crippen LogP contribution is -2.08. The Morgan fingerprint density at radius 3 is 2.58 bits per heavy atom. The molecule has 0 spiro atoms. The van der Waals surface area contributed by atoms with Crippen LogP contribution in [0.2, 0.25) is 0 Å². The van der Waals surface area contributed by atoms with Crippen molar-refractivity contribution in [3.63, 3.8) is 0 Å². The molecule has 4 nitrogen and oxygen atoms in total. The first-order chi connectivity index (χ1) is 11.6. The standard InChI is InChI=1S/C19H14BrN3O/c1-11-17-18(13-6-4-3-5-7-13)15-10-14(20)8-9-16(15)21-19(17)23(22-11)12(2)24/h3-10H,1-2H3. The first-order valence-electron chi connectivity index (χ1n) is 7.61. The number of nitrogens with zero attached hydrogens (tertiary/aromatic N) is 3. The van der Waals surface area contributed by atoms with Crippen LogP contribution >= 0.6 is 15.9 Å². The van der Waals surface area contributed by atoms with Crippen LogP contribution in [0.25, 0.3) is 33.1 Å². The topological polar surface area (TPSA) is 47.8 Å². The summed E-state index contributed by atoms with van der Waals surface area (Å²) in [6.07, 6.45) is 0. The summed E-state index contributed by atoms with van der Waals surface area (Å²) in [6, 6.07) is 16.1. The fourth-order valence-corrected chi connectivity index (χ4v) is 3.45. The SMILES string of the molecule is CC(=O)n1nc(C)c2c(-c3ccccc3)c3cc(Br)ccc3nc21. The minimum Gasteiger partial charge on any atom is -0.273 e. The molecule has 2 aromatic carbocycles. The van der Waals surface area contributed by atoms with Crippen molar-refractivity contribution in [1.82, 2.24) is 14.8 Å². The van der Waals surface area contributed by atoms with Crippen molar-refractivity contribution in [2.45, 2.75) is 13.8 Å². The van der Waals surface area contributed by atoms with Gasteiger partial charge in [-0.25, -0.2) is 4.98 Å². The van der Waals surface area contributed by atoms with Crippen molar-refractivity contribution >= 4 is 43.8 Å². The van der Waals surface area contributed by atoms with Crippen molar-refractivity contribution in [2.24, 2.45) is 0 Å². The highest BCUT2D eigenvalue weighted by molar-refractivity contribution is 9.10. The Hall–Kier alpha value is -2.53. The van der Waals surface area contributed by atoms with E-state index in [1.807, 2.05) is 37.3 Å². The molecule has 0 radical (unpaired) electrons. The molecule has 4 rings (SSSR count). The number of halogens is 1. The lowest BCUT2D eigenvalue weighted by molar-refractivity contribution is 0.0925. The summed E-state index contributed by atoms with van der Waals surface area (Å²) < 4.78 is 2.38. The van der Waals surface area contributed by atoms with E-state index >= 15 is 0 Å². The summed E-state index contributed by atoms with van der Waals surface area (Å²) in [5, 5.41) is 6.37. The van der Waals surface area contributed by atoms with Gasteiger partial charge in [-0.05, 0) is 30.7 Å². The number of aromatic nitrogens is 3. The van der Waals surface area contributed by atoms with Crippen molar-refractivity contribution in [2.75, 3.05) is 0 Å². The van der Waals surface area contributed by atoms with E-state index in [2.05, 4.69) is 39.2 Å². The molecule has 0 saturated heterocycles. The third kappa shape index (κ3) is 2.24. The van der Waals surface area contributed by atoms with E-state index in [0.29, 0.717) is 5.65 Å². The summed E-state index contributed by atoms with van der Waals surface area (Å²) in [5.74, 6) is -0.143. The van der Waals surface area contributed by atoms with Gasteiger partial charge >= 0.3 is 0 Å². The van der Waals surface area contributed by atoms with Crippen molar-refractivity contribution < 1.29 is 4.79 Å². The third-order valence-electron chi connectivity index (χ3n) is 4.10. The van der Waals surface area contributed by atoms with E-state index in [9.17, 15) is 4.79 Å². The molecule has 118 valence electrons. The van der Waals surface area contributed by atoms with Crippen LogP contribution in [0.1, 0.15) is 17.4 Å². The van der Waals surface area contributed by atoms with Crippen LogP contribution in [0, 0.1) is 6.92 Å². The number of pyridine rings is 1. The lowest BCUT2D eigenvalue weighted by Gasteiger charge is -2.10. The molecule has 24 heavy (non-hydrogen) atoms. The van der Waals surface area contributed by atoms with Crippen LogP contribution in [0.15, 0.2) is 53.0 Å². The van der Waals surface area contributed by atoms with Crippen LogP contribution in [0.4, 0.5) is 0 Å². The zero-order valence-electron chi connectivity index (χ0n) is 13.2. The number of hydrogen-bond acceptors (Lipinski definition) is 3. The highest BCUT2D eigenvalue weighted by Gasteiger charge is 2.19. The first-order valence-corrected chi connectivity index (χ1v) is 8.40. The fourth-order valence-electron chi connectivity index (χ4n) is 3.09. The van der Waals surface area contributed by atoms with Gasteiger partial charge in [0.2, 0.25) is 5.91 Å². The molecule has 0 aliphatic rings. The van der Waals surface area contributed by atoms with Crippen LogP contribution in [-0.4, -0.2) is 20.7 Å². The van der Waals surface area contributed by atoms with Gasteiger partial charge in [0, 0.05) is 22.3 Å². The second-order valence-corrected chi connectivity index (χ2v) is 6.64. The highest BCUT2D eigenvalue weighted by Crippen LogP contribution is 2.37. The minimum atomic E-state index is -0.143. The minimum absolute atomic E-state index is 0.143. The molecule has 0 amide bonds. The lowest BCUT2D eigenvalue weighted by atomic mass is 9.97. The van der Waals surface area contributed by atoms with E-state index in [1.54, 1.807) is 0 Å². The third-order valence-corrected chi connectivity index (χ3v) is 4.59. The maximum atomic E-state index is 12.0. The largest absolute Gasteiger partial charge is 0.273 e. The van der Waals surface area contributed by atoms with Gasteiger partial charge in [-0.2, -0.15) is 9.78 Å². The van der Waals surface area contributed by atoms with Crippen molar-refractivity contribution in [3.8, 4) is 11.1 Å². The van der Waals surface area contributed by atoms with E-state index in [4.69, 9.17) is 4.98 Å². The van der Waals surface area contributed by atoms with Crippen molar-refractivity contribution in [1.29, 1.82) is 0 Å². The predicted molar refractivity (Wildman–Crippen MR) is 99.2 cm³/mol. The van der Waals surface area contributed by atoms with Crippen molar-refractivity contribution in [3.05, 3.63) is 58.7 Å². The molecule has 2 heterocycles. The van der Waals surface area contributed by atoms with Crippen LogP contribution < -0.4 is 0 Å². The van der Waals surface area contributed by atoms with Crippen LogP contribution in [-0.2, 0) is 0 Å². The summed E-state index contributed by atoms with van der Waals surface area (Å²) in [7, 11) is 0. The quantitative estimate of drug-likeness (QED) is 0.468. The first kappa shape index (κ1) is 15.0. The Balaban J connectivity index is 2.27. The van der Waals surface area contributed by atoms with Gasteiger partial charge in [-0.15, -0.1) is 0 Å². The van der Waals surface area contributed by atoms with E-state index in [-0.39, 0.29) is 5.91 Å². The van der Waals surface area contributed by atoms with Crippen LogP contribution in [0.3, 0.4) is 0 Å². The monoisotopic (exact) mass is 379 g/mol. The fraction of sp³-hybridized carbons (Fsp3) is 0.105. The zero-order chi connectivity index (χ0) is 16.8. The Morgan fingerprint density at radius 2 is 1.88 bits per heavy atom. The number of fused-ring (bicyclic) bond motifs is 2. The summed E-state index contributed by atoms with van der Waals surface area (Å²) in [4.78, 5) is 16.7. The number of hydrogen-bond donors (Lipinski definition) is 0. The summed E-state index contributed by atoms with van der Waals surface area (Å²) >= 11 is 3.55. The second kappa shape index (κ2) is 5.53. The molecule has 0 atom stereocenters. The molecule has 0 N–H and O–H groups in total. The van der Waals surface area contributed by atoms with Gasteiger partial charge in [0.15, 0.2) is 5.65 Å². The molecule has 4 aromatic rings. The Bertz CT molecular complexity index is 1100. The molecule has 0 aliphatic carbocycles. The summed E-state index contributed by atoms with van der Waals surface area (Å²) in [5.41, 5.74) is 4.38. The molecule has 0 aliphatic heterocycles. The van der Waals surface area contributed by atoms with Gasteiger partial charge in [0.25, 0.3) is 0 Å². The maximum Gasteiger partial charge on any atom is 0.245 e. The average Bonchev–Trinajstić information content (AvgIpc) is 2.90. The smallest absolute Gasteiger partial charge is 0.245 e. The average molecular weight is 380 g/mol. The number of aryl methyl sites for hydroxylation is 1. The Kier molecular flexibility index (Phi) is 3.46. The Morgan fingerprint density at radius 1 is 1.12 bits per heavy atom.